The Hall–Kier alpha value is 0.339. The van der Waals surface area contributed by atoms with Gasteiger partial charge in [0.2, 0.25) is 0 Å². The first-order valence-corrected chi connectivity index (χ1v) is 9.97. The van der Waals surface area contributed by atoms with E-state index in [0.717, 1.165) is 35.0 Å². The van der Waals surface area contributed by atoms with Crippen LogP contribution in [0.15, 0.2) is 9.35 Å². The molecule has 0 saturated heterocycles. The van der Waals surface area contributed by atoms with Gasteiger partial charge in [0.25, 0.3) is 0 Å². The zero-order chi connectivity index (χ0) is 14.5. The summed E-state index contributed by atoms with van der Waals surface area (Å²) < 4.78 is 7.23. The van der Waals surface area contributed by atoms with Crippen LogP contribution in [0.2, 0.25) is 0 Å². The van der Waals surface area contributed by atoms with E-state index >= 15 is 0 Å². The molecule has 0 aliphatic heterocycles. The van der Waals surface area contributed by atoms with E-state index < -0.39 is 0 Å². The second-order valence-electron chi connectivity index (χ2n) is 5.41. The minimum atomic E-state index is 0.795. The summed E-state index contributed by atoms with van der Waals surface area (Å²) in [7, 11) is 0. The van der Waals surface area contributed by atoms with Gasteiger partial charge >= 0.3 is 135 Å². The van der Waals surface area contributed by atoms with Gasteiger partial charge < -0.3 is 0 Å². The molecule has 0 N–H and O–H groups in total. The molecule has 1 nitrogen and oxygen atoms in total. The predicted octanol–water partition coefficient (Wildman–Crippen LogP) is 5.32. The fourth-order valence-corrected chi connectivity index (χ4v) is 4.10. The van der Waals surface area contributed by atoms with E-state index in [1.54, 1.807) is 5.57 Å². The van der Waals surface area contributed by atoms with Crippen molar-refractivity contribution in [2.45, 2.75) is 85.5 Å². The molecule has 0 aliphatic rings. The van der Waals surface area contributed by atoms with E-state index in [2.05, 4.69) is 27.7 Å². The Morgan fingerprint density at radius 2 is 1.42 bits per heavy atom. The van der Waals surface area contributed by atoms with E-state index in [1.807, 2.05) is 0 Å². The average molecular weight is 373 g/mol. The van der Waals surface area contributed by atoms with Crippen molar-refractivity contribution in [2.24, 2.45) is 5.92 Å². The molecule has 0 bridgehead atoms. The molecular formula is C17H34OSn. The average Bonchev–Trinajstić information content (AvgIpc) is 2.41. The molecular weight excluding hydrogens is 339 g/mol. The molecule has 0 fully saturated rings. The zero-order valence-corrected chi connectivity index (χ0v) is 16.9. The summed E-state index contributed by atoms with van der Waals surface area (Å²) in [6, 6.07) is 0. The molecule has 0 rings (SSSR count). The van der Waals surface area contributed by atoms with Crippen molar-refractivity contribution in [1.82, 2.24) is 0 Å². The van der Waals surface area contributed by atoms with Gasteiger partial charge in [-0.3, -0.25) is 0 Å². The summed E-state index contributed by atoms with van der Waals surface area (Å²) in [5.41, 5.74) is 1.67. The Balaban J connectivity index is 4.81. The van der Waals surface area contributed by atoms with Crippen LogP contribution in [0.3, 0.4) is 0 Å². The van der Waals surface area contributed by atoms with Crippen LogP contribution in [-0.4, -0.2) is 29.1 Å². The van der Waals surface area contributed by atoms with Gasteiger partial charge in [0.15, 0.2) is 0 Å². The molecule has 0 aliphatic carbocycles. The Bertz CT molecular complexity index is 227. The van der Waals surface area contributed by atoms with E-state index in [9.17, 15) is 0 Å². The standard InChI is InChI=1S/C17H33O.Sn.H/c1-5-9-12-16(13-10-6-2)17(14-11-7-3)15-18-8-4;;/h16H,5-14H2,1-4H3;;. The van der Waals surface area contributed by atoms with Crippen molar-refractivity contribution in [3.63, 3.8) is 0 Å². The van der Waals surface area contributed by atoms with Crippen molar-refractivity contribution in [3.8, 4) is 0 Å². The molecule has 0 aromatic rings. The molecule has 0 aromatic carbocycles. The van der Waals surface area contributed by atoms with Crippen LogP contribution in [-0.2, 0) is 4.74 Å². The van der Waals surface area contributed by atoms with Crippen molar-refractivity contribution in [1.29, 1.82) is 0 Å². The molecule has 0 amide bonds. The van der Waals surface area contributed by atoms with Crippen LogP contribution in [0.4, 0.5) is 0 Å². The second-order valence-corrected chi connectivity index (χ2v) is 6.90. The third kappa shape index (κ3) is 8.99. The second kappa shape index (κ2) is 13.3. The van der Waals surface area contributed by atoms with Crippen LogP contribution in [0, 0.1) is 5.92 Å². The van der Waals surface area contributed by atoms with Gasteiger partial charge in [-0.2, -0.15) is 0 Å². The summed E-state index contributed by atoms with van der Waals surface area (Å²) in [6.07, 6.45) is 12.0. The van der Waals surface area contributed by atoms with Crippen LogP contribution in [0.25, 0.3) is 0 Å². The molecule has 0 heterocycles. The summed E-state index contributed by atoms with van der Waals surface area (Å²) in [6.45, 7) is 9.84. The first-order chi connectivity index (χ1) is 9.21. The molecule has 0 atom stereocenters. The first kappa shape index (κ1) is 19.3. The fourth-order valence-electron chi connectivity index (χ4n) is 2.54. The SMILES string of the molecule is CCCCC(=[C]([SnH])OCC)C(CCCC)CCCC. The maximum absolute atomic E-state index is 5.88. The Morgan fingerprint density at radius 3 is 1.84 bits per heavy atom. The van der Waals surface area contributed by atoms with E-state index in [1.165, 1.54) is 61.6 Å². The van der Waals surface area contributed by atoms with Gasteiger partial charge in [0.05, 0.1) is 0 Å². The molecule has 0 spiro atoms. The van der Waals surface area contributed by atoms with Gasteiger partial charge in [-0.25, -0.2) is 0 Å². The molecule has 19 heavy (non-hydrogen) atoms. The number of allylic oxidation sites excluding steroid dienone is 1. The number of hydrogen-bond donors (Lipinski definition) is 0. The van der Waals surface area contributed by atoms with E-state index in [-0.39, 0.29) is 0 Å². The predicted molar refractivity (Wildman–Crippen MR) is 87.9 cm³/mol. The molecule has 2 radical (unpaired) electrons. The van der Waals surface area contributed by atoms with Crippen LogP contribution in [0.1, 0.15) is 85.5 Å². The Kier molecular flexibility index (Phi) is 13.6. The number of hydrogen-bond acceptors (Lipinski definition) is 1. The quantitative estimate of drug-likeness (QED) is 0.332. The van der Waals surface area contributed by atoms with Crippen LogP contribution < -0.4 is 0 Å². The van der Waals surface area contributed by atoms with Gasteiger partial charge in [-0.1, -0.05) is 0 Å². The third-order valence-electron chi connectivity index (χ3n) is 3.72. The maximum atomic E-state index is 5.88. The summed E-state index contributed by atoms with van der Waals surface area (Å²) in [4.78, 5) is 0. The molecule has 0 saturated carbocycles. The van der Waals surface area contributed by atoms with Crippen molar-refractivity contribution >= 4 is 22.5 Å². The van der Waals surface area contributed by atoms with Crippen molar-refractivity contribution in [2.75, 3.05) is 6.61 Å². The van der Waals surface area contributed by atoms with Gasteiger partial charge in [0, 0.05) is 0 Å². The Labute approximate surface area is 134 Å². The molecule has 0 aromatic heterocycles. The molecule has 112 valence electrons. The van der Waals surface area contributed by atoms with Crippen LogP contribution in [0.5, 0.6) is 0 Å². The van der Waals surface area contributed by atoms with Gasteiger partial charge in [-0.15, -0.1) is 0 Å². The van der Waals surface area contributed by atoms with Crippen LogP contribution >= 0.6 is 0 Å². The first-order valence-electron chi connectivity index (χ1n) is 8.32. The monoisotopic (exact) mass is 374 g/mol. The van der Waals surface area contributed by atoms with Gasteiger partial charge in [0.1, 0.15) is 0 Å². The van der Waals surface area contributed by atoms with E-state index in [4.69, 9.17) is 4.74 Å². The summed E-state index contributed by atoms with van der Waals surface area (Å²) in [5.74, 6) is 0.795. The van der Waals surface area contributed by atoms with Gasteiger partial charge in [-0.05, 0) is 0 Å². The summed E-state index contributed by atoms with van der Waals surface area (Å²) in [5, 5.41) is 0. The number of unbranched alkanes of at least 4 members (excludes halogenated alkanes) is 3. The molecule has 2 heteroatoms. The van der Waals surface area contributed by atoms with Crippen molar-refractivity contribution in [3.05, 3.63) is 9.35 Å². The summed E-state index contributed by atoms with van der Waals surface area (Å²) >= 11 is 1.14. The normalized spacial score (nSPS) is 12.7. The number of rotatable bonds is 12. The third-order valence-corrected chi connectivity index (χ3v) is 5.26. The number of ether oxygens (including phenoxy) is 1. The minimum absolute atomic E-state index is 0.795. The molecule has 0 unspecified atom stereocenters. The van der Waals surface area contributed by atoms with E-state index in [0.29, 0.717) is 0 Å². The zero-order valence-electron chi connectivity index (χ0n) is 13.6. The Morgan fingerprint density at radius 1 is 0.895 bits per heavy atom. The fraction of sp³-hybridized carbons (Fsp3) is 0.882. The van der Waals surface area contributed by atoms with Crippen molar-refractivity contribution < 1.29 is 4.74 Å². The topological polar surface area (TPSA) is 9.23 Å².